The Hall–Kier alpha value is -1.69. The second-order valence-electron chi connectivity index (χ2n) is 6.89. The van der Waals surface area contributed by atoms with Crippen molar-refractivity contribution in [2.24, 2.45) is 0 Å². The molecule has 0 aliphatic carbocycles. The monoisotopic (exact) mass is 288 g/mol. The molecule has 1 aliphatic rings. The average Bonchev–Trinajstić information content (AvgIpc) is 2.99. The fraction of sp³-hybridized carbons (Fsp3) is 0.667. The molecule has 0 bridgehead atoms. The Morgan fingerprint density at radius 1 is 1.43 bits per heavy atom. The number of aromatic amines is 1. The van der Waals surface area contributed by atoms with Gasteiger partial charge in [0.15, 0.2) is 0 Å². The van der Waals surface area contributed by atoms with Gasteiger partial charge in [0.25, 0.3) is 0 Å². The number of hydrogen-bond donors (Lipinski definition) is 2. The predicted molar refractivity (Wildman–Crippen MR) is 81.0 cm³/mol. The summed E-state index contributed by atoms with van der Waals surface area (Å²) in [4.78, 5) is 4.45. The molecule has 6 heteroatoms. The Balaban J connectivity index is 1.63. The lowest BCUT2D eigenvalue weighted by Crippen LogP contribution is -2.37. The van der Waals surface area contributed by atoms with Crippen molar-refractivity contribution in [2.45, 2.75) is 65.1 Å². The van der Waals surface area contributed by atoms with Crippen LogP contribution in [0.5, 0.6) is 0 Å². The lowest BCUT2D eigenvalue weighted by atomic mass is 9.89. The summed E-state index contributed by atoms with van der Waals surface area (Å²) in [6.45, 7) is 10.3. The van der Waals surface area contributed by atoms with Gasteiger partial charge in [-0.05, 0) is 13.3 Å². The minimum Gasteiger partial charge on any atom is -0.308 e. The van der Waals surface area contributed by atoms with Crippen LogP contribution in [0.25, 0.3) is 0 Å². The number of nitrogens with one attached hydrogen (secondary N) is 2. The van der Waals surface area contributed by atoms with Crippen LogP contribution in [0, 0.1) is 6.92 Å². The molecule has 2 N–H and O–H groups in total. The third-order valence-electron chi connectivity index (χ3n) is 4.01. The minimum absolute atomic E-state index is 0.0935. The summed E-state index contributed by atoms with van der Waals surface area (Å²) < 4.78 is 2.04. The largest absolute Gasteiger partial charge is 0.308 e. The van der Waals surface area contributed by atoms with E-state index < -0.39 is 0 Å². The first-order valence-corrected chi connectivity index (χ1v) is 7.60. The fourth-order valence-corrected chi connectivity index (χ4v) is 2.95. The Labute approximate surface area is 125 Å². The van der Waals surface area contributed by atoms with Gasteiger partial charge in [-0.15, -0.1) is 0 Å². The van der Waals surface area contributed by atoms with Gasteiger partial charge in [-0.2, -0.15) is 10.2 Å². The van der Waals surface area contributed by atoms with Gasteiger partial charge < -0.3 is 5.32 Å². The Morgan fingerprint density at radius 3 is 3.00 bits per heavy atom. The molecule has 114 valence electrons. The molecule has 1 aliphatic heterocycles. The van der Waals surface area contributed by atoms with Crippen LogP contribution >= 0.6 is 0 Å². The molecular formula is C15H24N6. The van der Waals surface area contributed by atoms with Crippen LogP contribution in [-0.2, 0) is 24.9 Å². The zero-order valence-electron chi connectivity index (χ0n) is 13.3. The van der Waals surface area contributed by atoms with E-state index in [1.165, 1.54) is 11.3 Å². The van der Waals surface area contributed by atoms with E-state index in [1.807, 2.05) is 17.8 Å². The zero-order valence-corrected chi connectivity index (χ0v) is 13.3. The van der Waals surface area contributed by atoms with Gasteiger partial charge in [-0.25, -0.2) is 9.67 Å². The van der Waals surface area contributed by atoms with Crippen molar-refractivity contribution in [1.29, 1.82) is 0 Å². The lowest BCUT2D eigenvalue weighted by Gasteiger charge is -2.24. The molecule has 0 radical (unpaired) electrons. The third-order valence-corrected chi connectivity index (χ3v) is 4.01. The maximum Gasteiger partial charge on any atom is 0.147 e. The van der Waals surface area contributed by atoms with Crippen molar-refractivity contribution in [3.8, 4) is 0 Å². The SMILES string of the molecule is Cc1nc2n(n1)CC(NCc1cn[nH]c1C(C)(C)C)CC2. The van der Waals surface area contributed by atoms with E-state index in [-0.39, 0.29) is 5.41 Å². The van der Waals surface area contributed by atoms with Gasteiger partial charge in [0.2, 0.25) is 0 Å². The highest BCUT2D eigenvalue weighted by atomic mass is 15.4. The van der Waals surface area contributed by atoms with E-state index in [0.29, 0.717) is 6.04 Å². The van der Waals surface area contributed by atoms with Crippen molar-refractivity contribution >= 4 is 0 Å². The summed E-state index contributed by atoms with van der Waals surface area (Å²) in [5, 5.41) is 15.4. The number of aryl methyl sites for hydroxylation is 2. The summed E-state index contributed by atoms with van der Waals surface area (Å²) >= 11 is 0. The maximum absolute atomic E-state index is 4.45. The molecule has 1 atom stereocenters. The molecule has 3 heterocycles. The fourth-order valence-electron chi connectivity index (χ4n) is 2.95. The molecule has 1 unspecified atom stereocenters. The summed E-state index contributed by atoms with van der Waals surface area (Å²) in [7, 11) is 0. The van der Waals surface area contributed by atoms with Crippen LogP contribution in [-0.4, -0.2) is 31.0 Å². The number of fused-ring (bicyclic) bond motifs is 1. The summed E-state index contributed by atoms with van der Waals surface area (Å²) in [5.74, 6) is 1.99. The molecule has 0 aromatic carbocycles. The van der Waals surface area contributed by atoms with Crippen LogP contribution in [0.3, 0.4) is 0 Å². The molecule has 3 rings (SSSR count). The normalized spacial score (nSPS) is 18.8. The Bertz CT molecular complexity index is 618. The van der Waals surface area contributed by atoms with Crippen molar-refractivity contribution in [3.05, 3.63) is 29.1 Å². The number of hydrogen-bond acceptors (Lipinski definition) is 4. The number of rotatable bonds is 3. The van der Waals surface area contributed by atoms with E-state index >= 15 is 0 Å². The molecule has 21 heavy (non-hydrogen) atoms. The molecule has 0 amide bonds. The summed E-state index contributed by atoms with van der Waals surface area (Å²) in [6.07, 6.45) is 4.04. The molecule has 0 saturated carbocycles. The second-order valence-corrected chi connectivity index (χ2v) is 6.89. The van der Waals surface area contributed by atoms with Crippen LogP contribution < -0.4 is 5.32 Å². The predicted octanol–water partition coefficient (Wildman–Crippen LogP) is 1.71. The van der Waals surface area contributed by atoms with Gasteiger partial charge >= 0.3 is 0 Å². The van der Waals surface area contributed by atoms with Crippen molar-refractivity contribution in [1.82, 2.24) is 30.3 Å². The van der Waals surface area contributed by atoms with E-state index in [9.17, 15) is 0 Å². The van der Waals surface area contributed by atoms with E-state index in [1.54, 1.807) is 0 Å². The van der Waals surface area contributed by atoms with Crippen molar-refractivity contribution < 1.29 is 0 Å². The molecular weight excluding hydrogens is 264 g/mol. The number of nitrogens with zero attached hydrogens (tertiary/aromatic N) is 4. The number of H-pyrrole nitrogens is 1. The highest BCUT2D eigenvalue weighted by molar-refractivity contribution is 5.23. The smallest absolute Gasteiger partial charge is 0.147 e. The zero-order chi connectivity index (χ0) is 15.0. The first-order valence-electron chi connectivity index (χ1n) is 7.60. The lowest BCUT2D eigenvalue weighted by molar-refractivity contribution is 0.356. The Morgan fingerprint density at radius 2 is 2.24 bits per heavy atom. The van der Waals surface area contributed by atoms with E-state index in [2.05, 4.69) is 46.4 Å². The van der Waals surface area contributed by atoms with Gasteiger partial charge in [-0.3, -0.25) is 5.10 Å². The quantitative estimate of drug-likeness (QED) is 0.902. The van der Waals surface area contributed by atoms with Gasteiger partial charge in [0, 0.05) is 35.7 Å². The van der Waals surface area contributed by atoms with Crippen LogP contribution in [0.1, 0.15) is 50.1 Å². The van der Waals surface area contributed by atoms with Gasteiger partial charge in [0.05, 0.1) is 12.7 Å². The molecule has 0 fully saturated rings. The molecule has 2 aromatic heterocycles. The topological polar surface area (TPSA) is 71.4 Å². The van der Waals surface area contributed by atoms with Crippen molar-refractivity contribution in [2.75, 3.05) is 0 Å². The molecule has 0 spiro atoms. The highest BCUT2D eigenvalue weighted by Crippen LogP contribution is 2.23. The number of aromatic nitrogens is 5. The summed E-state index contributed by atoms with van der Waals surface area (Å²) in [5.41, 5.74) is 2.56. The minimum atomic E-state index is 0.0935. The summed E-state index contributed by atoms with van der Waals surface area (Å²) in [6, 6.07) is 0.446. The van der Waals surface area contributed by atoms with Crippen LogP contribution in [0.2, 0.25) is 0 Å². The first-order chi connectivity index (χ1) is 9.93. The Kier molecular flexibility index (Phi) is 3.57. The highest BCUT2D eigenvalue weighted by Gasteiger charge is 2.23. The molecule has 0 saturated heterocycles. The van der Waals surface area contributed by atoms with Gasteiger partial charge in [-0.1, -0.05) is 20.8 Å². The van der Waals surface area contributed by atoms with E-state index in [0.717, 1.165) is 37.6 Å². The molecule has 2 aromatic rings. The third kappa shape index (κ3) is 3.00. The average molecular weight is 288 g/mol. The first kappa shape index (κ1) is 14.3. The van der Waals surface area contributed by atoms with Gasteiger partial charge in [0.1, 0.15) is 11.6 Å². The molecule has 6 nitrogen and oxygen atoms in total. The van der Waals surface area contributed by atoms with Crippen LogP contribution in [0.15, 0.2) is 6.20 Å². The van der Waals surface area contributed by atoms with Crippen LogP contribution in [0.4, 0.5) is 0 Å². The van der Waals surface area contributed by atoms with Crippen molar-refractivity contribution in [3.63, 3.8) is 0 Å². The maximum atomic E-state index is 4.45. The standard InChI is InChI=1S/C15H24N6/c1-10-18-13-6-5-12(9-21(13)20-10)16-7-11-8-17-19-14(11)15(2,3)4/h8,12,16H,5-7,9H2,1-4H3,(H,17,19). The van der Waals surface area contributed by atoms with E-state index in [4.69, 9.17) is 0 Å². The second kappa shape index (κ2) is 5.26.